The van der Waals surface area contributed by atoms with Crippen molar-refractivity contribution < 1.29 is 4.52 Å². The monoisotopic (exact) mass is 182 g/mol. The molecule has 0 amide bonds. The molecule has 4 heteroatoms. The molecule has 0 bridgehead atoms. The number of hydrogen-bond donors (Lipinski definition) is 0. The zero-order valence-electron chi connectivity index (χ0n) is 6.86. The molecule has 1 aliphatic heterocycles. The summed E-state index contributed by atoms with van der Waals surface area (Å²) in [5.41, 5.74) is 0. The minimum absolute atomic E-state index is 0.579. The Labute approximate surface area is 75.2 Å². The van der Waals surface area contributed by atoms with Crippen LogP contribution < -0.4 is 0 Å². The van der Waals surface area contributed by atoms with E-state index >= 15 is 0 Å². The van der Waals surface area contributed by atoms with Gasteiger partial charge in [-0.3, -0.25) is 0 Å². The third-order valence-corrected chi connectivity index (χ3v) is 2.73. The van der Waals surface area contributed by atoms with Crippen molar-refractivity contribution in [1.29, 1.82) is 0 Å². The Kier molecular flexibility index (Phi) is 2.17. The van der Waals surface area contributed by atoms with Crippen molar-refractivity contribution in [3.05, 3.63) is 23.2 Å². The van der Waals surface area contributed by atoms with Crippen LogP contribution in [0.5, 0.6) is 0 Å². The van der Waals surface area contributed by atoms with Crippen molar-refractivity contribution in [3.8, 4) is 0 Å². The number of aromatic nitrogens is 2. The molecule has 1 unspecified atom stereocenters. The molecule has 12 heavy (non-hydrogen) atoms. The van der Waals surface area contributed by atoms with Gasteiger partial charge in [-0.25, -0.2) is 0 Å². The Morgan fingerprint density at radius 1 is 1.75 bits per heavy atom. The molecular formula is C8H10N2OS. The Hall–Kier alpha value is -0.770. The number of hydrogen-bond acceptors (Lipinski definition) is 4. The lowest BCUT2D eigenvalue weighted by atomic mass is 10.1. The summed E-state index contributed by atoms with van der Waals surface area (Å²) in [6.45, 7) is 1.84. The highest BCUT2D eigenvalue weighted by molar-refractivity contribution is 8.02. The first kappa shape index (κ1) is 7.86. The fraction of sp³-hybridized carbons (Fsp3) is 0.500. The summed E-state index contributed by atoms with van der Waals surface area (Å²) in [7, 11) is 0. The number of allylic oxidation sites excluding steroid dienone is 1. The van der Waals surface area contributed by atoms with Gasteiger partial charge in [-0.2, -0.15) is 4.98 Å². The molecule has 2 rings (SSSR count). The SMILES string of the molecule is Cc1noc(CC2C=CSC2)n1. The second-order valence-electron chi connectivity index (χ2n) is 2.86. The van der Waals surface area contributed by atoms with E-state index in [9.17, 15) is 0 Å². The van der Waals surface area contributed by atoms with Crippen LogP contribution in [0.1, 0.15) is 11.7 Å². The molecule has 3 nitrogen and oxygen atoms in total. The summed E-state index contributed by atoms with van der Waals surface area (Å²) >= 11 is 1.84. The van der Waals surface area contributed by atoms with Gasteiger partial charge in [0.05, 0.1) is 0 Å². The molecule has 64 valence electrons. The van der Waals surface area contributed by atoms with Crippen molar-refractivity contribution in [2.45, 2.75) is 13.3 Å². The van der Waals surface area contributed by atoms with Crippen molar-refractivity contribution in [1.82, 2.24) is 10.1 Å². The van der Waals surface area contributed by atoms with E-state index in [4.69, 9.17) is 4.52 Å². The van der Waals surface area contributed by atoms with Crippen LogP contribution in [0, 0.1) is 12.8 Å². The average molecular weight is 182 g/mol. The highest BCUT2D eigenvalue weighted by Gasteiger charge is 2.13. The van der Waals surface area contributed by atoms with E-state index in [1.807, 2.05) is 18.7 Å². The summed E-state index contributed by atoms with van der Waals surface area (Å²) in [5.74, 6) is 3.20. The lowest BCUT2D eigenvalue weighted by Gasteiger charge is -1.99. The molecule has 0 saturated heterocycles. The lowest BCUT2D eigenvalue weighted by Crippen LogP contribution is -2.00. The molecule has 0 spiro atoms. The molecule has 0 N–H and O–H groups in total. The fourth-order valence-corrected chi connectivity index (χ4v) is 2.10. The van der Waals surface area contributed by atoms with Gasteiger partial charge >= 0.3 is 0 Å². The van der Waals surface area contributed by atoms with Crippen molar-refractivity contribution in [2.75, 3.05) is 5.75 Å². The zero-order chi connectivity index (χ0) is 8.39. The maximum absolute atomic E-state index is 5.02. The van der Waals surface area contributed by atoms with E-state index in [1.54, 1.807) is 0 Å². The first-order valence-electron chi connectivity index (χ1n) is 3.92. The summed E-state index contributed by atoms with van der Waals surface area (Å²) in [5, 5.41) is 5.87. The predicted molar refractivity (Wildman–Crippen MR) is 47.8 cm³/mol. The van der Waals surface area contributed by atoms with Crippen LogP contribution in [-0.4, -0.2) is 15.9 Å². The molecule has 1 atom stereocenters. The maximum Gasteiger partial charge on any atom is 0.227 e. The van der Waals surface area contributed by atoms with Gasteiger partial charge in [0.2, 0.25) is 5.89 Å². The molecule has 0 saturated carbocycles. The Morgan fingerprint density at radius 3 is 3.25 bits per heavy atom. The van der Waals surface area contributed by atoms with Gasteiger partial charge in [0.25, 0.3) is 0 Å². The van der Waals surface area contributed by atoms with Crippen LogP contribution in [0.3, 0.4) is 0 Å². The number of aryl methyl sites for hydroxylation is 1. The Balaban J connectivity index is 1.98. The fourth-order valence-electron chi connectivity index (χ4n) is 1.18. The van der Waals surface area contributed by atoms with E-state index in [2.05, 4.69) is 21.6 Å². The van der Waals surface area contributed by atoms with Gasteiger partial charge < -0.3 is 4.52 Å². The van der Waals surface area contributed by atoms with Crippen LogP contribution in [0.25, 0.3) is 0 Å². The number of nitrogens with zero attached hydrogens (tertiary/aromatic N) is 2. The Morgan fingerprint density at radius 2 is 2.67 bits per heavy atom. The van der Waals surface area contributed by atoms with Gasteiger partial charge in [-0.05, 0) is 18.2 Å². The van der Waals surface area contributed by atoms with E-state index < -0.39 is 0 Å². The van der Waals surface area contributed by atoms with E-state index in [-0.39, 0.29) is 0 Å². The topological polar surface area (TPSA) is 38.9 Å². The first-order valence-corrected chi connectivity index (χ1v) is 4.97. The largest absolute Gasteiger partial charge is 0.339 e. The van der Waals surface area contributed by atoms with Gasteiger partial charge in [-0.1, -0.05) is 11.2 Å². The van der Waals surface area contributed by atoms with Crippen molar-refractivity contribution in [3.63, 3.8) is 0 Å². The maximum atomic E-state index is 5.02. The van der Waals surface area contributed by atoms with Crippen LogP contribution in [0.2, 0.25) is 0 Å². The minimum Gasteiger partial charge on any atom is -0.339 e. The molecule has 2 heterocycles. The van der Waals surface area contributed by atoms with Crippen LogP contribution in [-0.2, 0) is 6.42 Å². The smallest absolute Gasteiger partial charge is 0.227 e. The quantitative estimate of drug-likeness (QED) is 0.699. The highest BCUT2D eigenvalue weighted by atomic mass is 32.2. The number of rotatable bonds is 2. The second-order valence-corrected chi connectivity index (χ2v) is 3.80. The molecule has 1 aliphatic rings. The molecular weight excluding hydrogens is 172 g/mol. The van der Waals surface area contributed by atoms with Crippen LogP contribution >= 0.6 is 11.8 Å². The van der Waals surface area contributed by atoms with Crippen LogP contribution in [0.4, 0.5) is 0 Å². The second kappa shape index (κ2) is 3.31. The molecule has 1 aromatic heterocycles. The molecule has 0 radical (unpaired) electrons. The standard InChI is InChI=1S/C8H10N2OS/c1-6-9-8(11-10-6)4-7-2-3-12-5-7/h2-3,7H,4-5H2,1H3. The van der Waals surface area contributed by atoms with Gasteiger partial charge in [0, 0.05) is 12.2 Å². The normalized spacial score (nSPS) is 21.9. The Bertz CT molecular complexity index is 295. The van der Waals surface area contributed by atoms with E-state index in [0.717, 1.165) is 23.9 Å². The highest BCUT2D eigenvalue weighted by Crippen LogP contribution is 2.22. The van der Waals surface area contributed by atoms with Crippen molar-refractivity contribution >= 4 is 11.8 Å². The van der Waals surface area contributed by atoms with E-state index in [0.29, 0.717) is 5.92 Å². The van der Waals surface area contributed by atoms with Gasteiger partial charge in [-0.15, -0.1) is 11.8 Å². The average Bonchev–Trinajstić information content (AvgIpc) is 2.63. The molecule has 0 fully saturated rings. The molecule has 0 aliphatic carbocycles. The molecule has 1 aromatic rings. The van der Waals surface area contributed by atoms with E-state index in [1.165, 1.54) is 0 Å². The number of thioether (sulfide) groups is 1. The first-order chi connectivity index (χ1) is 5.84. The van der Waals surface area contributed by atoms with Crippen LogP contribution in [0.15, 0.2) is 16.0 Å². The third-order valence-electron chi connectivity index (χ3n) is 1.76. The summed E-state index contributed by atoms with van der Waals surface area (Å²) in [4.78, 5) is 4.15. The predicted octanol–water partition coefficient (Wildman–Crippen LogP) is 1.80. The molecule has 0 aromatic carbocycles. The summed E-state index contributed by atoms with van der Waals surface area (Å²) in [6.07, 6.45) is 3.08. The zero-order valence-corrected chi connectivity index (χ0v) is 7.67. The lowest BCUT2D eigenvalue weighted by molar-refractivity contribution is 0.366. The van der Waals surface area contributed by atoms with Crippen molar-refractivity contribution in [2.24, 2.45) is 5.92 Å². The third kappa shape index (κ3) is 1.69. The minimum atomic E-state index is 0.579. The summed E-state index contributed by atoms with van der Waals surface area (Å²) in [6, 6.07) is 0. The summed E-state index contributed by atoms with van der Waals surface area (Å²) < 4.78 is 5.02. The van der Waals surface area contributed by atoms with Gasteiger partial charge in [0.1, 0.15) is 0 Å². The van der Waals surface area contributed by atoms with Gasteiger partial charge in [0.15, 0.2) is 5.82 Å².